The van der Waals surface area contributed by atoms with Gasteiger partial charge < -0.3 is 9.88 Å². The molecule has 1 aromatic carbocycles. The number of aromatic nitrogens is 1. The zero-order valence-corrected chi connectivity index (χ0v) is 15.3. The first-order valence-electron chi connectivity index (χ1n) is 8.40. The molecule has 0 saturated carbocycles. The van der Waals surface area contributed by atoms with Crippen molar-refractivity contribution in [1.82, 2.24) is 4.57 Å². The minimum atomic E-state index is -3.21. The number of hydrogen-bond donors (Lipinski definition) is 1. The summed E-state index contributed by atoms with van der Waals surface area (Å²) >= 11 is 0. The molecule has 25 heavy (non-hydrogen) atoms. The predicted molar refractivity (Wildman–Crippen MR) is 99.3 cm³/mol. The molecule has 0 radical (unpaired) electrons. The summed E-state index contributed by atoms with van der Waals surface area (Å²) in [5.74, 6) is 0.0851. The van der Waals surface area contributed by atoms with Crippen molar-refractivity contribution in [2.45, 2.75) is 33.2 Å². The summed E-state index contributed by atoms with van der Waals surface area (Å²) < 4.78 is 27.7. The van der Waals surface area contributed by atoms with Crippen LogP contribution in [-0.4, -0.2) is 31.2 Å². The van der Waals surface area contributed by atoms with Crippen LogP contribution in [0.5, 0.6) is 0 Å². The van der Waals surface area contributed by atoms with Crippen molar-refractivity contribution in [3.63, 3.8) is 0 Å². The number of rotatable bonds is 4. The Balaban J connectivity index is 1.67. The second kappa shape index (κ2) is 6.92. The van der Waals surface area contributed by atoms with E-state index in [0.717, 1.165) is 17.8 Å². The number of carbonyl (C=O) groups is 1. The summed E-state index contributed by atoms with van der Waals surface area (Å²) in [7, 11) is -3.21. The summed E-state index contributed by atoms with van der Waals surface area (Å²) in [6.45, 7) is 4.70. The van der Waals surface area contributed by atoms with Gasteiger partial charge >= 0.3 is 0 Å². The van der Waals surface area contributed by atoms with Gasteiger partial charge in [-0.05, 0) is 63.1 Å². The molecule has 3 rings (SSSR count). The van der Waals surface area contributed by atoms with Crippen LogP contribution in [0.2, 0.25) is 0 Å². The SMILES string of the molecule is Cc1ccc(C)n1CC(=O)Nc1ccc(N2CCCCS2(=O)=O)cc1. The minimum absolute atomic E-state index is 0.110. The van der Waals surface area contributed by atoms with E-state index in [-0.39, 0.29) is 18.2 Å². The fourth-order valence-corrected chi connectivity index (χ4v) is 4.72. The predicted octanol–water partition coefficient (Wildman–Crippen LogP) is 2.67. The monoisotopic (exact) mass is 361 g/mol. The zero-order valence-electron chi connectivity index (χ0n) is 14.5. The van der Waals surface area contributed by atoms with Gasteiger partial charge in [0.05, 0.1) is 11.4 Å². The third-order valence-corrected chi connectivity index (χ3v) is 6.38. The Bertz CT molecular complexity index is 850. The zero-order chi connectivity index (χ0) is 18.0. The molecule has 2 heterocycles. The largest absolute Gasteiger partial charge is 0.340 e. The Morgan fingerprint density at radius 1 is 1.04 bits per heavy atom. The van der Waals surface area contributed by atoms with Crippen LogP contribution < -0.4 is 9.62 Å². The van der Waals surface area contributed by atoms with Crippen LogP contribution in [0, 0.1) is 13.8 Å². The molecule has 1 saturated heterocycles. The molecule has 0 bridgehead atoms. The molecule has 1 aliphatic heterocycles. The second-order valence-corrected chi connectivity index (χ2v) is 8.41. The first kappa shape index (κ1) is 17.5. The number of amides is 1. The summed E-state index contributed by atoms with van der Waals surface area (Å²) in [6.07, 6.45) is 1.58. The van der Waals surface area contributed by atoms with Crippen LogP contribution in [-0.2, 0) is 21.4 Å². The summed E-state index contributed by atoms with van der Waals surface area (Å²) in [5, 5.41) is 2.86. The van der Waals surface area contributed by atoms with E-state index >= 15 is 0 Å². The summed E-state index contributed by atoms with van der Waals surface area (Å²) in [6, 6.07) is 10.9. The lowest BCUT2D eigenvalue weighted by molar-refractivity contribution is -0.116. The van der Waals surface area contributed by atoms with E-state index < -0.39 is 10.0 Å². The molecule has 1 aromatic heterocycles. The minimum Gasteiger partial charge on any atom is -0.340 e. The molecule has 6 nitrogen and oxygen atoms in total. The molecular weight excluding hydrogens is 338 g/mol. The van der Waals surface area contributed by atoms with Crippen molar-refractivity contribution in [1.29, 1.82) is 0 Å². The topological polar surface area (TPSA) is 71.4 Å². The number of anilines is 2. The molecule has 1 fully saturated rings. The molecule has 0 spiro atoms. The van der Waals surface area contributed by atoms with Crippen LogP contribution in [0.15, 0.2) is 36.4 Å². The maximum absolute atomic E-state index is 12.2. The first-order chi connectivity index (χ1) is 11.9. The van der Waals surface area contributed by atoms with E-state index in [0.29, 0.717) is 24.3 Å². The molecule has 2 aromatic rings. The average Bonchev–Trinajstić information content (AvgIpc) is 2.87. The molecule has 0 unspecified atom stereocenters. The van der Waals surface area contributed by atoms with E-state index in [9.17, 15) is 13.2 Å². The number of nitrogens with one attached hydrogen (secondary N) is 1. The van der Waals surface area contributed by atoms with Crippen molar-refractivity contribution >= 4 is 27.3 Å². The van der Waals surface area contributed by atoms with Gasteiger partial charge in [0.1, 0.15) is 6.54 Å². The van der Waals surface area contributed by atoms with Crippen LogP contribution in [0.1, 0.15) is 24.2 Å². The molecular formula is C18H23N3O3S. The van der Waals surface area contributed by atoms with Gasteiger partial charge in [-0.2, -0.15) is 0 Å². The van der Waals surface area contributed by atoms with E-state index in [1.165, 1.54) is 4.31 Å². The second-order valence-electron chi connectivity index (χ2n) is 6.39. The van der Waals surface area contributed by atoms with Crippen molar-refractivity contribution in [2.75, 3.05) is 21.9 Å². The standard InChI is InChI=1S/C18H23N3O3S/c1-14-5-6-15(2)20(14)13-18(22)19-16-7-9-17(10-8-16)21-11-3-4-12-25(21,23)24/h5-10H,3-4,11-13H2,1-2H3,(H,19,22). The fourth-order valence-electron chi connectivity index (χ4n) is 3.08. The van der Waals surface area contributed by atoms with Crippen LogP contribution in [0.4, 0.5) is 11.4 Å². The Kier molecular flexibility index (Phi) is 4.85. The molecule has 1 aliphatic rings. The van der Waals surface area contributed by atoms with E-state index in [1.807, 2.05) is 30.5 Å². The molecule has 7 heteroatoms. The molecule has 0 aliphatic carbocycles. The normalized spacial score (nSPS) is 16.6. The van der Waals surface area contributed by atoms with Crippen molar-refractivity contribution in [2.24, 2.45) is 0 Å². The number of aryl methyl sites for hydroxylation is 2. The highest BCUT2D eigenvalue weighted by atomic mass is 32.2. The highest BCUT2D eigenvalue weighted by Gasteiger charge is 2.25. The maximum Gasteiger partial charge on any atom is 0.244 e. The van der Waals surface area contributed by atoms with Gasteiger partial charge in [0.2, 0.25) is 15.9 Å². The van der Waals surface area contributed by atoms with E-state index in [4.69, 9.17) is 0 Å². The van der Waals surface area contributed by atoms with Crippen molar-refractivity contribution in [3.05, 3.63) is 47.8 Å². The molecule has 134 valence electrons. The Hall–Kier alpha value is -2.28. The van der Waals surface area contributed by atoms with Gasteiger partial charge in [0.25, 0.3) is 0 Å². The Morgan fingerprint density at radius 2 is 1.68 bits per heavy atom. The van der Waals surface area contributed by atoms with E-state index in [2.05, 4.69) is 5.32 Å². The first-order valence-corrected chi connectivity index (χ1v) is 10.0. The van der Waals surface area contributed by atoms with Crippen LogP contribution in [0.25, 0.3) is 0 Å². The third-order valence-electron chi connectivity index (χ3n) is 4.51. The lowest BCUT2D eigenvalue weighted by atomic mass is 10.2. The molecule has 1 amide bonds. The van der Waals surface area contributed by atoms with Gasteiger partial charge in [-0.25, -0.2) is 8.42 Å². The number of carbonyl (C=O) groups excluding carboxylic acids is 1. The van der Waals surface area contributed by atoms with Crippen molar-refractivity contribution in [3.8, 4) is 0 Å². The Labute approximate surface area is 148 Å². The van der Waals surface area contributed by atoms with E-state index in [1.54, 1.807) is 24.3 Å². The quantitative estimate of drug-likeness (QED) is 0.910. The fraction of sp³-hybridized carbons (Fsp3) is 0.389. The number of sulfonamides is 1. The number of hydrogen-bond acceptors (Lipinski definition) is 3. The lowest BCUT2D eigenvalue weighted by Crippen LogP contribution is -2.37. The van der Waals surface area contributed by atoms with Crippen molar-refractivity contribution < 1.29 is 13.2 Å². The van der Waals surface area contributed by atoms with Gasteiger partial charge in [0.15, 0.2) is 0 Å². The maximum atomic E-state index is 12.2. The Morgan fingerprint density at radius 3 is 2.28 bits per heavy atom. The number of benzene rings is 1. The smallest absolute Gasteiger partial charge is 0.244 e. The van der Waals surface area contributed by atoms with Crippen LogP contribution in [0.3, 0.4) is 0 Å². The highest BCUT2D eigenvalue weighted by Crippen LogP contribution is 2.25. The number of nitrogens with zero attached hydrogens (tertiary/aromatic N) is 2. The van der Waals surface area contributed by atoms with Crippen LogP contribution >= 0.6 is 0 Å². The third kappa shape index (κ3) is 3.87. The van der Waals surface area contributed by atoms with Gasteiger partial charge in [-0.1, -0.05) is 0 Å². The summed E-state index contributed by atoms with van der Waals surface area (Å²) in [4.78, 5) is 12.2. The summed E-state index contributed by atoms with van der Waals surface area (Å²) in [5.41, 5.74) is 3.39. The molecule has 0 atom stereocenters. The van der Waals surface area contributed by atoms with Gasteiger partial charge in [-0.3, -0.25) is 9.10 Å². The van der Waals surface area contributed by atoms with Gasteiger partial charge in [0, 0.05) is 23.6 Å². The molecule has 1 N–H and O–H groups in total. The highest BCUT2D eigenvalue weighted by molar-refractivity contribution is 7.92. The average molecular weight is 361 g/mol. The lowest BCUT2D eigenvalue weighted by Gasteiger charge is -2.28. The van der Waals surface area contributed by atoms with Gasteiger partial charge in [-0.15, -0.1) is 0 Å².